The predicted molar refractivity (Wildman–Crippen MR) is 314 cm³/mol. The van der Waals surface area contributed by atoms with Crippen molar-refractivity contribution in [1.29, 1.82) is 0 Å². The zero-order valence-electron chi connectivity index (χ0n) is 43.7. The van der Waals surface area contributed by atoms with Gasteiger partial charge in [-0.25, -0.2) is 8.78 Å². The Morgan fingerprint density at radius 1 is 0.389 bits per heavy atom. The molecule has 5 heterocycles. The second-order valence-corrected chi connectivity index (χ2v) is 21.3. The highest BCUT2D eigenvalue weighted by molar-refractivity contribution is 14.1. The molecule has 0 aliphatic carbocycles. The molecular weight excluding hydrogens is 1160 g/mol. The first-order valence-electron chi connectivity index (χ1n) is 24.0. The SMILES string of the molecule is CC1(C)OB(B2OC(C)(C)C(C)(C)O2)OC1(C)C.CC1(C)OB(c2ccc(F)c(-n3c4ccccc4c4ccccc43)c2)OC1(C)C.CI.CI.Fc1ccc(Cl)cc1-n1c2ccccc2c2ccccc21. The van der Waals surface area contributed by atoms with Gasteiger partial charge in [-0.1, -0.05) is 136 Å². The molecule has 0 atom stereocenters. The van der Waals surface area contributed by atoms with E-state index >= 15 is 4.39 Å². The molecule has 16 heteroatoms. The lowest BCUT2D eigenvalue weighted by Gasteiger charge is -2.32. The van der Waals surface area contributed by atoms with E-state index < -0.39 is 32.3 Å². The number of nitrogens with zero attached hydrogens (tertiary/aromatic N) is 2. The van der Waals surface area contributed by atoms with Gasteiger partial charge in [-0.3, -0.25) is 0 Å². The fraction of sp³-hybridized carbons (Fsp3) is 0.357. The van der Waals surface area contributed by atoms with Crippen molar-refractivity contribution in [3.8, 4) is 11.4 Å². The molecule has 0 radical (unpaired) electrons. The van der Waals surface area contributed by atoms with Gasteiger partial charge in [0.2, 0.25) is 0 Å². The summed E-state index contributed by atoms with van der Waals surface area (Å²) in [5.74, 6) is -0.567. The van der Waals surface area contributed by atoms with Crippen molar-refractivity contribution in [2.75, 3.05) is 9.86 Å². The summed E-state index contributed by atoms with van der Waals surface area (Å²) >= 11 is 10.4. The average Bonchev–Trinajstić information content (AvgIpc) is 4.05. The Balaban J connectivity index is 0.000000158. The number of halogens is 5. The molecule has 8 aromatic rings. The van der Waals surface area contributed by atoms with E-state index in [9.17, 15) is 4.39 Å². The van der Waals surface area contributed by atoms with Crippen LogP contribution in [0.2, 0.25) is 5.02 Å². The minimum absolute atomic E-state index is 0.281. The maximum absolute atomic E-state index is 15.1. The standard InChI is InChI=1S/C24H23BFNO2.C18H11ClFN.C12H24B2O4.2CH3I/c1-23(2)24(3,4)29-25(28-23)16-13-14-19(26)22(15-16)27-20-11-7-5-9-17(20)18-10-6-8-12-21(18)27;19-12-9-10-15(20)18(11-12)21-16-7-3-1-5-13(16)14-6-2-4-8-17(14)21;1-9(2)10(3,4)16-13(15-9)14-17-11(5,6)12(7,8)18-14;2*1-2/h5-15H,1-4H3;1-11H;1-8H3;2*1H3. The lowest BCUT2D eigenvalue weighted by Crippen LogP contribution is -2.41. The Morgan fingerprint density at radius 3 is 1.00 bits per heavy atom. The Labute approximate surface area is 457 Å². The van der Waals surface area contributed by atoms with Crippen molar-refractivity contribution in [3.05, 3.63) is 150 Å². The summed E-state index contributed by atoms with van der Waals surface area (Å²) in [4.78, 5) is 3.94. The van der Waals surface area contributed by atoms with E-state index in [4.69, 9.17) is 39.5 Å². The topological polar surface area (TPSA) is 65.2 Å². The molecule has 0 unspecified atom stereocenters. The molecule has 3 saturated heterocycles. The summed E-state index contributed by atoms with van der Waals surface area (Å²) in [5.41, 5.74) is 3.33. The number of para-hydroxylation sites is 4. The molecule has 3 aliphatic rings. The Kier molecular flexibility index (Phi) is 16.9. The highest BCUT2D eigenvalue weighted by atomic mass is 127. The van der Waals surface area contributed by atoms with Crippen LogP contribution >= 0.6 is 56.8 Å². The number of alkyl halides is 2. The van der Waals surface area contributed by atoms with Crippen LogP contribution in [0.25, 0.3) is 55.0 Å². The van der Waals surface area contributed by atoms with Gasteiger partial charge in [0, 0.05) is 26.6 Å². The maximum Gasteiger partial charge on any atom is 0.494 e. The van der Waals surface area contributed by atoms with E-state index in [1.807, 2.05) is 181 Å². The van der Waals surface area contributed by atoms with Crippen LogP contribution in [-0.2, 0) is 27.9 Å². The van der Waals surface area contributed by atoms with Crippen LogP contribution in [-0.4, -0.2) is 73.7 Å². The van der Waals surface area contributed by atoms with E-state index in [1.54, 1.807) is 18.2 Å². The first-order chi connectivity index (χ1) is 33.9. The van der Waals surface area contributed by atoms with Crippen LogP contribution in [0.3, 0.4) is 0 Å². The monoisotopic (exact) mass is 1220 g/mol. The molecule has 11 rings (SSSR count). The van der Waals surface area contributed by atoms with E-state index in [0.717, 1.165) is 49.1 Å². The fourth-order valence-corrected chi connectivity index (χ4v) is 9.01. The highest BCUT2D eigenvalue weighted by Crippen LogP contribution is 2.43. The zero-order valence-corrected chi connectivity index (χ0v) is 48.7. The van der Waals surface area contributed by atoms with Gasteiger partial charge < -0.3 is 37.1 Å². The number of hydrogen-bond acceptors (Lipinski definition) is 6. The van der Waals surface area contributed by atoms with Crippen molar-refractivity contribution < 1.29 is 36.7 Å². The fourth-order valence-electron chi connectivity index (χ4n) is 8.85. The van der Waals surface area contributed by atoms with Crippen LogP contribution in [0.4, 0.5) is 8.78 Å². The van der Waals surface area contributed by atoms with Gasteiger partial charge >= 0.3 is 21.1 Å². The second kappa shape index (κ2) is 21.6. The van der Waals surface area contributed by atoms with Crippen molar-refractivity contribution in [2.24, 2.45) is 0 Å². The molecule has 0 bridgehead atoms. The summed E-state index contributed by atoms with van der Waals surface area (Å²) in [7, 11) is -1.49. The third-order valence-electron chi connectivity index (χ3n) is 14.8. The van der Waals surface area contributed by atoms with E-state index in [2.05, 4.69) is 69.4 Å². The van der Waals surface area contributed by atoms with Crippen LogP contribution in [0.1, 0.15) is 83.1 Å². The molecule has 72 heavy (non-hydrogen) atoms. The van der Waals surface area contributed by atoms with Gasteiger partial charge in [0.15, 0.2) is 0 Å². The number of rotatable bonds is 4. The minimum atomic E-state index is -0.535. The van der Waals surface area contributed by atoms with E-state index in [-0.39, 0.29) is 34.0 Å². The van der Waals surface area contributed by atoms with Gasteiger partial charge in [0.1, 0.15) is 11.6 Å². The molecule has 0 amide bonds. The third kappa shape index (κ3) is 10.7. The van der Waals surface area contributed by atoms with Gasteiger partial charge in [-0.2, -0.15) is 0 Å². The Hall–Kier alpha value is -3.52. The molecule has 3 fully saturated rings. The summed E-state index contributed by atoms with van der Waals surface area (Å²) in [6.45, 7) is 24.3. The zero-order chi connectivity index (χ0) is 52.8. The number of benzene rings is 6. The number of aromatic nitrogens is 2. The molecule has 378 valence electrons. The van der Waals surface area contributed by atoms with Gasteiger partial charge in [-0.05, 0) is 153 Å². The lowest BCUT2D eigenvalue weighted by molar-refractivity contribution is 0.00578. The molecule has 8 nitrogen and oxygen atoms in total. The molecule has 3 aliphatic heterocycles. The first kappa shape index (κ1) is 56.2. The molecular formula is C56H64B3ClF2I2N2O6. The molecule has 2 aromatic heterocycles. The molecule has 6 aromatic carbocycles. The normalized spacial score (nSPS) is 18.7. The molecule has 0 saturated carbocycles. The van der Waals surface area contributed by atoms with Crippen LogP contribution in [0, 0.1) is 11.6 Å². The van der Waals surface area contributed by atoms with Crippen molar-refractivity contribution in [3.63, 3.8) is 0 Å². The summed E-state index contributed by atoms with van der Waals surface area (Å²) < 4.78 is 69.5. The lowest BCUT2D eigenvalue weighted by atomic mass is 9.49. The Bertz CT molecular complexity index is 3030. The molecule has 0 spiro atoms. The predicted octanol–water partition coefficient (Wildman–Crippen LogP) is 15.1. The maximum atomic E-state index is 15.1. The third-order valence-corrected chi connectivity index (χ3v) is 15.0. The number of fused-ring (bicyclic) bond motifs is 6. The van der Waals surface area contributed by atoms with Gasteiger partial charge in [0.05, 0.1) is 67.0 Å². The second-order valence-electron chi connectivity index (χ2n) is 20.9. The van der Waals surface area contributed by atoms with E-state index in [1.165, 1.54) is 12.1 Å². The first-order valence-corrected chi connectivity index (χ1v) is 28.7. The van der Waals surface area contributed by atoms with Crippen LogP contribution < -0.4 is 5.46 Å². The molecule has 0 N–H and O–H groups in total. The summed E-state index contributed by atoms with van der Waals surface area (Å²) in [6, 6.07) is 41.9. The van der Waals surface area contributed by atoms with Crippen molar-refractivity contribution in [1.82, 2.24) is 9.13 Å². The summed E-state index contributed by atoms with van der Waals surface area (Å²) in [5, 5.41) is 4.93. The minimum Gasteiger partial charge on any atom is -0.405 e. The smallest absolute Gasteiger partial charge is 0.405 e. The largest absolute Gasteiger partial charge is 0.494 e. The van der Waals surface area contributed by atoms with E-state index in [0.29, 0.717) is 16.4 Å². The van der Waals surface area contributed by atoms with Gasteiger partial charge in [0.25, 0.3) is 0 Å². The van der Waals surface area contributed by atoms with Crippen molar-refractivity contribution in [2.45, 2.75) is 117 Å². The number of hydrogen-bond donors (Lipinski definition) is 0. The van der Waals surface area contributed by atoms with Crippen LogP contribution in [0.5, 0.6) is 0 Å². The quantitative estimate of drug-likeness (QED) is 0.0994. The highest BCUT2D eigenvalue weighted by Gasteiger charge is 2.63. The Morgan fingerprint density at radius 2 is 0.667 bits per heavy atom. The van der Waals surface area contributed by atoms with Crippen molar-refractivity contribution >= 4 is 127 Å². The average molecular weight is 1220 g/mol. The van der Waals surface area contributed by atoms with Gasteiger partial charge in [-0.15, -0.1) is 0 Å². The summed E-state index contributed by atoms with van der Waals surface area (Å²) in [6.07, 6.45) is 0. The van der Waals surface area contributed by atoms with Crippen LogP contribution in [0.15, 0.2) is 133 Å².